The standard InChI is InChI=1S/C15H15ClO2S/c16-14-8-6-13(7-9-14)15(17)11-19(18)10-12-4-2-1-3-5-12/h1-9,15,17H,10-11H2. The monoisotopic (exact) mass is 294 g/mol. The van der Waals surface area contributed by atoms with Gasteiger partial charge in [-0.2, -0.15) is 0 Å². The normalized spacial score (nSPS) is 14.1. The van der Waals surface area contributed by atoms with Crippen LogP contribution in [0.2, 0.25) is 5.02 Å². The fourth-order valence-electron chi connectivity index (χ4n) is 1.78. The van der Waals surface area contributed by atoms with Gasteiger partial charge >= 0.3 is 0 Å². The Morgan fingerprint density at radius 2 is 1.68 bits per heavy atom. The van der Waals surface area contributed by atoms with E-state index in [0.29, 0.717) is 10.8 Å². The van der Waals surface area contributed by atoms with Gasteiger partial charge in [-0.15, -0.1) is 0 Å². The van der Waals surface area contributed by atoms with E-state index in [-0.39, 0.29) is 5.75 Å². The number of hydrogen-bond donors (Lipinski definition) is 1. The van der Waals surface area contributed by atoms with E-state index in [2.05, 4.69) is 0 Å². The molecular weight excluding hydrogens is 280 g/mol. The summed E-state index contributed by atoms with van der Waals surface area (Å²) in [5.41, 5.74) is 1.76. The second kappa shape index (κ2) is 6.96. The second-order valence-electron chi connectivity index (χ2n) is 4.30. The SMILES string of the molecule is [O-][S+](Cc1ccccc1)CC(O)c1ccc(Cl)cc1. The highest BCUT2D eigenvalue weighted by Gasteiger charge is 2.16. The Kier molecular flexibility index (Phi) is 5.28. The van der Waals surface area contributed by atoms with Gasteiger partial charge in [0.05, 0.1) is 0 Å². The van der Waals surface area contributed by atoms with Crippen molar-refractivity contribution in [2.24, 2.45) is 0 Å². The van der Waals surface area contributed by atoms with Gasteiger partial charge in [0.15, 0.2) is 0 Å². The van der Waals surface area contributed by atoms with Crippen LogP contribution in [0.1, 0.15) is 17.2 Å². The van der Waals surface area contributed by atoms with Crippen LogP contribution in [0.25, 0.3) is 0 Å². The van der Waals surface area contributed by atoms with Crippen molar-refractivity contribution in [3.63, 3.8) is 0 Å². The van der Waals surface area contributed by atoms with Crippen LogP contribution in [0, 0.1) is 0 Å². The first kappa shape index (κ1) is 14.4. The number of rotatable bonds is 5. The van der Waals surface area contributed by atoms with Gasteiger partial charge in [0.1, 0.15) is 17.6 Å². The first-order valence-corrected chi connectivity index (χ1v) is 7.84. The predicted molar refractivity (Wildman–Crippen MR) is 79.6 cm³/mol. The Morgan fingerprint density at radius 3 is 2.32 bits per heavy atom. The van der Waals surface area contributed by atoms with Crippen molar-refractivity contribution in [1.29, 1.82) is 0 Å². The van der Waals surface area contributed by atoms with E-state index in [4.69, 9.17) is 11.6 Å². The third kappa shape index (κ3) is 4.55. The summed E-state index contributed by atoms with van der Waals surface area (Å²) in [7, 11) is 0. The molecule has 2 aromatic carbocycles. The zero-order valence-electron chi connectivity index (χ0n) is 10.3. The van der Waals surface area contributed by atoms with Crippen LogP contribution >= 0.6 is 11.6 Å². The summed E-state index contributed by atoms with van der Waals surface area (Å²) in [6, 6.07) is 16.6. The number of benzene rings is 2. The van der Waals surface area contributed by atoms with Crippen LogP contribution in [-0.4, -0.2) is 15.4 Å². The van der Waals surface area contributed by atoms with Gasteiger partial charge in [-0.25, -0.2) is 0 Å². The maximum Gasteiger partial charge on any atom is 0.135 e. The summed E-state index contributed by atoms with van der Waals surface area (Å²) in [5, 5.41) is 10.6. The molecule has 0 amide bonds. The minimum atomic E-state index is -1.09. The quantitative estimate of drug-likeness (QED) is 0.860. The van der Waals surface area contributed by atoms with Crippen LogP contribution in [0.5, 0.6) is 0 Å². The van der Waals surface area contributed by atoms with E-state index < -0.39 is 17.3 Å². The predicted octanol–water partition coefficient (Wildman–Crippen LogP) is 3.32. The maximum atomic E-state index is 12.0. The van der Waals surface area contributed by atoms with Crippen LogP contribution < -0.4 is 0 Å². The van der Waals surface area contributed by atoms with Gasteiger partial charge in [-0.1, -0.05) is 54.1 Å². The molecule has 2 unspecified atom stereocenters. The molecule has 0 bridgehead atoms. The summed E-state index contributed by atoms with van der Waals surface area (Å²) in [6.45, 7) is 0. The molecule has 0 aliphatic carbocycles. The summed E-state index contributed by atoms with van der Waals surface area (Å²) in [6.07, 6.45) is -0.721. The lowest BCUT2D eigenvalue weighted by molar-refractivity contribution is 0.201. The Balaban J connectivity index is 1.91. The highest BCUT2D eigenvalue weighted by atomic mass is 35.5. The molecule has 0 aliphatic rings. The Hall–Kier alpha value is -1.00. The first-order chi connectivity index (χ1) is 9.15. The van der Waals surface area contributed by atoms with Crippen molar-refractivity contribution in [2.75, 3.05) is 5.75 Å². The molecule has 4 heteroatoms. The molecule has 0 fully saturated rings. The molecule has 2 atom stereocenters. The topological polar surface area (TPSA) is 43.3 Å². The molecule has 2 aromatic rings. The molecule has 2 nitrogen and oxygen atoms in total. The van der Waals surface area contributed by atoms with E-state index in [1.54, 1.807) is 24.3 Å². The van der Waals surface area contributed by atoms with Crippen LogP contribution in [0.3, 0.4) is 0 Å². The third-order valence-electron chi connectivity index (χ3n) is 2.77. The largest absolute Gasteiger partial charge is 0.616 e. The summed E-state index contributed by atoms with van der Waals surface area (Å²) < 4.78 is 12.0. The van der Waals surface area contributed by atoms with E-state index in [0.717, 1.165) is 11.1 Å². The Bertz CT molecular complexity index is 501. The van der Waals surface area contributed by atoms with Crippen LogP contribution in [0.4, 0.5) is 0 Å². The number of halogens is 1. The molecule has 2 rings (SSSR count). The van der Waals surface area contributed by atoms with Gasteiger partial charge in [0, 0.05) is 10.6 Å². The Morgan fingerprint density at radius 1 is 1.05 bits per heavy atom. The molecule has 0 spiro atoms. The summed E-state index contributed by atoms with van der Waals surface area (Å²) in [4.78, 5) is 0. The molecule has 0 radical (unpaired) electrons. The van der Waals surface area contributed by atoms with Gasteiger partial charge in [-0.3, -0.25) is 0 Å². The minimum Gasteiger partial charge on any atom is -0.616 e. The maximum absolute atomic E-state index is 12.0. The van der Waals surface area contributed by atoms with Crippen molar-refractivity contribution in [1.82, 2.24) is 0 Å². The number of aliphatic hydroxyl groups is 1. The van der Waals surface area contributed by atoms with Gasteiger partial charge in [0.2, 0.25) is 0 Å². The minimum absolute atomic E-state index is 0.233. The Labute approximate surface area is 121 Å². The molecule has 100 valence electrons. The summed E-state index contributed by atoms with van der Waals surface area (Å²) >= 11 is 4.70. The average molecular weight is 295 g/mol. The lowest BCUT2D eigenvalue weighted by Crippen LogP contribution is -2.16. The molecule has 19 heavy (non-hydrogen) atoms. The molecule has 0 saturated heterocycles. The van der Waals surface area contributed by atoms with Crippen molar-refractivity contribution < 1.29 is 9.66 Å². The van der Waals surface area contributed by atoms with E-state index in [1.165, 1.54) is 0 Å². The lowest BCUT2D eigenvalue weighted by atomic mass is 10.1. The molecule has 0 aromatic heterocycles. The zero-order valence-corrected chi connectivity index (χ0v) is 11.9. The average Bonchev–Trinajstić information content (AvgIpc) is 2.40. The lowest BCUT2D eigenvalue weighted by Gasteiger charge is -2.15. The zero-order chi connectivity index (χ0) is 13.7. The van der Waals surface area contributed by atoms with Crippen molar-refractivity contribution >= 4 is 22.8 Å². The van der Waals surface area contributed by atoms with Gasteiger partial charge in [0.25, 0.3) is 0 Å². The van der Waals surface area contributed by atoms with Gasteiger partial charge in [-0.05, 0) is 28.9 Å². The molecule has 0 aliphatic heterocycles. The highest BCUT2D eigenvalue weighted by Crippen LogP contribution is 2.19. The molecule has 0 saturated carbocycles. The fourth-order valence-corrected chi connectivity index (χ4v) is 3.13. The molecule has 1 N–H and O–H groups in total. The van der Waals surface area contributed by atoms with E-state index in [1.807, 2.05) is 30.3 Å². The smallest absolute Gasteiger partial charge is 0.135 e. The molecular formula is C15H15ClO2S. The van der Waals surface area contributed by atoms with Gasteiger partial charge < -0.3 is 9.66 Å². The highest BCUT2D eigenvalue weighted by molar-refractivity contribution is 7.90. The third-order valence-corrected chi connectivity index (χ3v) is 4.36. The van der Waals surface area contributed by atoms with E-state index >= 15 is 0 Å². The van der Waals surface area contributed by atoms with Crippen LogP contribution in [-0.2, 0) is 16.9 Å². The fraction of sp³-hybridized carbons (Fsp3) is 0.200. The van der Waals surface area contributed by atoms with Crippen LogP contribution in [0.15, 0.2) is 54.6 Å². The number of aliphatic hydroxyl groups excluding tert-OH is 1. The van der Waals surface area contributed by atoms with Crippen molar-refractivity contribution in [3.05, 3.63) is 70.7 Å². The van der Waals surface area contributed by atoms with Crippen molar-refractivity contribution in [3.8, 4) is 0 Å². The number of hydrogen-bond acceptors (Lipinski definition) is 2. The first-order valence-electron chi connectivity index (χ1n) is 5.97. The second-order valence-corrected chi connectivity index (χ2v) is 6.24. The molecule has 0 heterocycles. The van der Waals surface area contributed by atoms with Crippen molar-refractivity contribution in [2.45, 2.75) is 11.9 Å². The van der Waals surface area contributed by atoms with E-state index in [9.17, 15) is 9.66 Å². The summed E-state index contributed by atoms with van der Waals surface area (Å²) in [5.74, 6) is 0.696.